The van der Waals surface area contributed by atoms with Crippen molar-refractivity contribution in [2.45, 2.75) is 51.7 Å². The standard InChI is InChI=1S/C22H29ClFNO3/c1-21(2)13-10-16-19(15-5-4-14(24)11-17(15)23)28-9-7-22(16,12-13)20(21)25-18(26)6-8-27-3/h4-5,11,13,16,19-20H,6-10,12H2,1-3H3,(H,25,26)/t13-,16-,19-,20-,22?/m1/s1. The van der Waals surface area contributed by atoms with E-state index in [2.05, 4.69) is 19.2 Å². The Kier molecular flexibility index (Phi) is 5.22. The van der Waals surface area contributed by atoms with Crippen LogP contribution in [-0.4, -0.2) is 32.3 Å². The largest absolute Gasteiger partial charge is 0.384 e. The first-order chi connectivity index (χ1) is 13.3. The highest BCUT2D eigenvalue weighted by Crippen LogP contribution is 2.70. The molecule has 1 heterocycles. The average molecular weight is 410 g/mol. The normalized spacial score (nSPS) is 35.6. The summed E-state index contributed by atoms with van der Waals surface area (Å²) in [5.41, 5.74) is 0.896. The molecule has 2 bridgehead atoms. The molecule has 1 N–H and O–H groups in total. The van der Waals surface area contributed by atoms with Crippen molar-refractivity contribution in [1.82, 2.24) is 5.32 Å². The van der Waals surface area contributed by atoms with E-state index in [1.165, 1.54) is 12.1 Å². The highest BCUT2D eigenvalue weighted by Gasteiger charge is 2.68. The number of carbonyl (C=O) groups excluding carboxylic acids is 1. The smallest absolute Gasteiger partial charge is 0.222 e. The van der Waals surface area contributed by atoms with Crippen LogP contribution in [0.15, 0.2) is 18.2 Å². The molecule has 154 valence electrons. The van der Waals surface area contributed by atoms with Gasteiger partial charge in [0.1, 0.15) is 5.82 Å². The minimum atomic E-state index is -0.336. The fraction of sp³-hybridized carbons (Fsp3) is 0.682. The van der Waals surface area contributed by atoms with Gasteiger partial charge >= 0.3 is 0 Å². The van der Waals surface area contributed by atoms with Gasteiger partial charge in [-0.25, -0.2) is 4.39 Å². The van der Waals surface area contributed by atoms with Gasteiger partial charge in [-0.15, -0.1) is 0 Å². The van der Waals surface area contributed by atoms with Gasteiger partial charge in [0.2, 0.25) is 5.91 Å². The third-order valence-corrected chi connectivity index (χ3v) is 7.94. The summed E-state index contributed by atoms with van der Waals surface area (Å²) < 4.78 is 24.8. The van der Waals surface area contributed by atoms with E-state index in [4.69, 9.17) is 21.1 Å². The Labute approximate surface area is 171 Å². The van der Waals surface area contributed by atoms with Crippen LogP contribution in [-0.2, 0) is 14.3 Å². The summed E-state index contributed by atoms with van der Waals surface area (Å²) >= 11 is 6.38. The molecule has 4 nitrogen and oxygen atoms in total. The van der Waals surface area contributed by atoms with Crippen molar-refractivity contribution >= 4 is 17.5 Å². The Morgan fingerprint density at radius 2 is 2.21 bits per heavy atom. The van der Waals surface area contributed by atoms with Crippen LogP contribution >= 0.6 is 11.6 Å². The molecule has 3 aliphatic rings. The van der Waals surface area contributed by atoms with Crippen LogP contribution in [0, 0.1) is 28.5 Å². The fourth-order valence-electron chi connectivity index (χ4n) is 6.26. The molecule has 4 rings (SSSR count). The molecular weight excluding hydrogens is 381 g/mol. The van der Waals surface area contributed by atoms with Gasteiger partial charge in [0, 0.05) is 31.2 Å². The molecule has 1 amide bonds. The molecule has 6 heteroatoms. The fourth-order valence-corrected chi connectivity index (χ4v) is 6.53. The molecular formula is C22H29ClFNO3. The van der Waals surface area contributed by atoms with Crippen LogP contribution in [0.2, 0.25) is 5.02 Å². The maximum Gasteiger partial charge on any atom is 0.222 e. The van der Waals surface area contributed by atoms with Crippen molar-refractivity contribution in [2.75, 3.05) is 20.3 Å². The molecule has 1 spiro atoms. The summed E-state index contributed by atoms with van der Waals surface area (Å²) in [7, 11) is 1.61. The monoisotopic (exact) mass is 409 g/mol. The van der Waals surface area contributed by atoms with Gasteiger partial charge in [0.25, 0.3) is 0 Å². The predicted octanol–water partition coefficient (Wildman–Crippen LogP) is 4.51. The molecule has 2 aliphatic carbocycles. The first-order valence-electron chi connectivity index (χ1n) is 10.1. The lowest BCUT2D eigenvalue weighted by atomic mass is 9.59. The van der Waals surface area contributed by atoms with Crippen LogP contribution in [0.4, 0.5) is 4.39 Å². The van der Waals surface area contributed by atoms with Gasteiger partial charge in [-0.05, 0) is 59.6 Å². The topological polar surface area (TPSA) is 47.6 Å². The Hall–Kier alpha value is -1.17. The molecule has 28 heavy (non-hydrogen) atoms. The lowest BCUT2D eigenvalue weighted by Crippen LogP contribution is -2.59. The Bertz CT molecular complexity index is 770. The molecule has 5 atom stereocenters. The van der Waals surface area contributed by atoms with Crippen molar-refractivity contribution in [3.63, 3.8) is 0 Å². The highest BCUT2D eigenvalue weighted by molar-refractivity contribution is 6.31. The van der Waals surface area contributed by atoms with Crippen LogP contribution in [0.5, 0.6) is 0 Å². The lowest BCUT2D eigenvalue weighted by Gasteiger charge is -2.53. The van der Waals surface area contributed by atoms with Crippen LogP contribution in [0.25, 0.3) is 0 Å². The van der Waals surface area contributed by atoms with Gasteiger partial charge in [-0.3, -0.25) is 4.79 Å². The van der Waals surface area contributed by atoms with E-state index >= 15 is 0 Å². The second-order valence-electron chi connectivity index (χ2n) is 9.25. The van der Waals surface area contributed by atoms with Crippen LogP contribution in [0.3, 0.4) is 0 Å². The summed E-state index contributed by atoms with van der Waals surface area (Å²) in [5.74, 6) is 0.503. The van der Waals surface area contributed by atoms with E-state index in [0.29, 0.717) is 30.6 Å². The van der Waals surface area contributed by atoms with Crippen LogP contribution in [0.1, 0.15) is 51.2 Å². The number of amides is 1. The number of ether oxygens (including phenoxy) is 2. The van der Waals surface area contributed by atoms with Crippen molar-refractivity contribution in [3.8, 4) is 0 Å². The van der Waals surface area contributed by atoms with Crippen molar-refractivity contribution in [1.29, 1.82) is 0 Å². The zero-order valence-electron chi connectivity index (χ0n) is 16.8. The summed E-state index contributed by atoms with van der Waals surface area (Å²) in [5, 5.41) is 3.77. The van der Waals surface area contributed by atoms with Crippen molar-refractivity contribution in [2.24, 2.45) is 22.7 Å². The number of hydrogen-bond donors (Lipinski definition) is 1. The summed E-state index contributed by atoms with van der Waals surface area (Å²) in [6, 6.07) is 4.67. The second-order valence-corrected chi connectivity index (χ2v) is 9.66. The quantitative estimate of drug-likeness (QED) is 0.778. The first kappa shape index (κ1) is 20.1. The van der Waals surface area contributed by atoms with E-state index in [0.717, 1.165) is 24.8 Å². The number of carbonyl (C=O) groups is 1. The maximum atomic E-state index is 13.6. The van der Waals surface area contributed by atoms with Crippen molar-refractivity contribution in [3.05, 3.63) is 34.6 Å². The summed E-state index contributed by atoms with van der Waals surface area (Å²) in [6.45, 7) is 5.61. The predicted molar refractivity (Wildman–Crippen MR) is 106 cm³/mol. The van der Waals surface area contributed by atoms with Crippen LogP contribution < -0.4 is 5.32 Å². The molecule has 1 aliphatic heterocycles. The number of hydrogen-bond acceptors (Lipinski definition) is 3. The Balaban J connectivity index is 1.65. The number of halogens is 2. The van der Waals surface area contributed by atoms with Gasteiger partial charge in [-0.2, -0.15) is 0 Å². The van der Waals surface area contributed by atoms with Gasteiger partial charge in [-0.1, -0.05) is 31.5 Å². The Morgan fingerprint density at radius 1 is 1.43 bits per heavy atom. The summed E-state index contributed by atoms with van der Waals surface area (Å²) in [6.07, 6.45) is 3.30. The van der Waals surface area contributed by atoms with Gasteiger partial charge in [0.15, 0.2) is 0 Å². The third kappa shape index (κ3) is 3.06. The molecule has 0 radical (unpaired) electrons. The minimum Gasteiger partial charge on any atom is -0.384 e. The molecule has 1 saturated heterocycles. The van der Waals surface area contributed by atoms with E-state index in [9.17, 15) is 9.18 Å². The average Bonchev–Trinajstić information content (AvgIpc) is 3.13. The van der Waals surface area contributed by atoms with Gasteiger partial charge < -0.3 is 14.8 Å². The molecule has 0 aromatic heterocycles. The second kappa shape index (κ2) is 7.26. The molecule has 2 saturated carbocycles. The number of methoxy groups -OCH3 is 1. The molecule has 1 aromatic rings. The van der Waals surface area contributed by atoms with Gasteiger partial charge in [0.05, 0.1) is 12.7 Å². The third-order valence-electron chi connectivity index (χ3n) is 7.61. The molecule has 1 aromatic carbocycles. The number of nitrogens with one attached hydrogen (secondary N) is 1. The SMILES string of the molecule is COCCC(=O)N[C@@H]1C(C)(C)[C@@H]2C[C@@H]3[C@@H](c4ccc(F)cc4Cl)OCCC31C2. The maximum absolute atomic E-state index is 13.6. The minimum absolute atomic E-state index is 0.00245. The molecule has 3 fully saturated rings. The first-order valence-corrected chi connectivity index (χ1v) is 10.5. The zero-order valence-corrected chi connectivity index (χ0v) is 17.5. The molecule has 1 unspecified atom stereocenters. The van der Waals surface area contributed by atoms with E-state index in [-0.39, 0.29) is 40.6 Å². The number of benzene rings is 1. The Morgan fingerprint density at radius 3 is 2.93 bits per heavy atom. The number of rotatable bonds is 5. The summed E-state index contributed by atoms with van der Waals surface area (Å²) in [4.78, 5) is 12.6. The van der Waals surface area contributed by atoms with E-state index < -0.39 is 0 Å². The number of fused-ring (bicyclic) bond motifs is 1. The highest BCUT2D eigenvalue weighted by atomic mass is 35.5. The van der Waals surface area contributed by atoms with E-state index in [1.54, 1.807) is 13.2 Å². The van der Waals surface area contributed by atoms with E-state index in [1.807, 2.05) is 0 Å². The lowest BCUT2D eigenvalue weighted by molar-refractivity contribution is -0.137. The zero-order chi connectivity index (χ0) is 20.1. The van der Waals surface area contributed by atoms with Crippen molar-refractivity contribution < 1.29 is 18.7 Å².